The largest absolute Gasteiger partial charge is 0.337 e. The van der Waals surface area contributed by atoms with Gasteiger partial charge in [0.1, 0.15) is 10.0 Å². The van der Waals surface area contributed by atoms with Gasteiger partial charge in [-0.1, -0.05) is 11.6 Å². The lowest BCUT2D eigenvalue weighted by Crippen LogP contribution is -2.11. The van der Waals surface area contributed by atoms with Gasteiger partial charge in [-0.2, -0.15) is 0 Å². The molecular formula is C16H11ClN4O2S2. The average Bonchev–Trinajstić information content (AvgIpc) is 3.21. The fraction of sp³-hybridized carbons (Fsp3) is 0. The summed E-state index contributed by atoms with van der Waals surface area (Å²) < 4.78 is 27.7. The second-order valence-corrected chi connectivity index (χ2v) is 8.84. The fourth-order valence-electron chi connectivity index (χ4n) is 2.34. The first-order valence-electron chi connectivity index (χ1n) is 7.20. The number of aromatic amines is 1. The van der Waals surface area contributed by atoms with Crippen LogP contribution >= 0.6 is 22.9 Å². The normalized spacial score (nSPS) is 11.7. The van der Waals surface area contributed by atoms with E-state index in [-0.39, 0.29) is 4.21 Å². The number of aromatic nitrogens is 3. The van der Waals surface area contributed by atoms with Crippen molar-refractivity contribution in [2.45, 2.75) is 4.21 Å². The van der Waals surface area contributed by atoms with E-state index >= 15 is 0 Å². The topological polar surface area (TPSA) is 87.7 Å². The second-order valence-electron chi connectivity index (χ2n) is 5.22. The summed E-state index contributed by atoms with van der Waals surface area (Å²) in [5.74, 6) is 0.697. The first-order chi connectivity index (χ1) is 12.0. The monoisotopic (exact) mass is 390 g/mol. The first-order valence-corrected chi connectivity index (χ1v) is 9.87. The van der Waals surface area contributed by atoms with Crippen LogP contribution in [-0.2, 0) is 10.0 Å². The molecule has 6 nitrogen and oxygen atoms in total. The molecule has 0 bridgehead atoms. The zero-order valence-corrected chi connectivity index (χ0v) is 15.0. The predicted molar refractivity (Wildman–Crippen MR) is 99.5 cm³/mol. The zero-order chi connectivity index (χ0) is 17.4. The van der Waals surface area contributed by atoms with Gasteiger partial charge in [-0.05, 0) is 42.5 Å². The molecule has 3 aromatic heterocycles. The third-order valence-electron chi connectivity index (χ3n) is 3.51. The number of fused-ring (bicyclic) bond motifs is 1. The SMILES string of the molecule is O=S(=O)(Nc1ccc(-c2nc3ccncc3[nH]2)cc1)c1ccc(Cl)s1. The highest BCUT2D eigenvalue weighted by Gasteiger charge is 2.16. The van der Waals surface area contributed by atoms with Crippen LogP contribution in [0, 0.1) is 0 Å². The Morgan fingerprint density at radius 2 is 1.88 bits per heavy atom. The Kier molecular flexibility index (Phi) is 3.95. The van der Waals surface area contributed by atoms with Gasteiger partial charge in [0.25, 0.3) is 10.0 Å². The molecule has 3 heterocycles. The molecule has 1 aromatic carbocycles. The van der Waals surface area contributed by atoms with Crippen molar-refractivity contribution in [1.82, 2.24) is 15.0 Å². The van der Waals surface area contributed by atoms with Gasteiger partial charge in [0, 0.05) is 17.4 Å². The Labute approximate surface area is 152 Å². The molecule has 0 radical (unpaired) electrons. The number of pyridine rings is 1. The van der Waals surface area contributed by atoms with Crippen molar-refractivity contribution in [3.8, 4) is 11.4 Å². The lowest BCUT2D eigenvalue weighted by Gasteiger charge is -2.06. The summed E-state index contributed by atoms with van der Waals surface area (Å²) in [5.41, 5.74) is 2.98. The highest BCUT2D eigenvalue weighted by Crippen LogP contribution is 2.28. The quantitative estimate of drug-likeness (QED) is 0.548. The van der Waals surface area contributed by atoms with E-state index in [1.807, 2.05) is 6.07 Å². The van der Waals surface area contributed by atoms with Crippen LogP contribution in [0.1, 0.15) is 0 Å². The van der Waals surface area contributed by atoms with E-state index in [0.717, 1.165) is 27.9 Å². The van der Waals surface area contributed by atoms with Crippen molar-refractivity contribution in [2.75, 3.05) is 4.72 Å². The van der Waals surface area contributed by atoms with Crippen LogP contribution in [0.15, 0.2) is 59.1 Å². The molecule has 4 aromatic rings. The van der Waals surface area contributed by atoms with Crippen molar-refractivity contribution in [1.29, 1.82) is 0 Å². The number of nitrogens with zero attached hydrogens (tertiary/aromatic N) is 2. The van der Waals surface area contributed by atoms with Gasteiger partial charge in [0.15, 0.2) is 0 Å². The minimum absolute atomic E-state index is 0.173. The number of halogens is 1. The maximum Gasteiger partial charge on any atom is 0.271 e. The summed E-state index contributed by atoms with van der Waals surface area (Å²) in [6.45, 7) is 0. The molecule has 4 rings (SSSR count). The number of benzene rings is 1. The Hall–Kier alpha value is -2.42. The highest BCUT2D eigenvalue weighted by atomic mass is 35.5. The minimum Gasteiger partial charge on any atom is -0.337 e. The van der Waals surface area contributed by atoms with Crippen LogP contribution in [0.3, 0.4) is 0 Å². The van der Waals surface area contributed by atoms with Gasteiger partial charge in [-0.3, -0.25) is 9.71 Å². The third kappa shape index (κ3) is 3.23. The fourth-order valence-corrected chi connectivity index (χ4v) is 4.88. The van der Waals surface area contributed by atoms with E-state index in [0.29, 0.717) is 15.8 Å². The van der Waals surface area contributed by atoms with Crippen LogP contribution in [0.25, 0.3) is 22.4 Å². The molecule has 0 aliphatic carbocycles. The van der Waals surface area contributed by atoms with Gasteiger partial charge in [-0.25, -0.2) is 13.4 Å². The summed E-state index contributed by atoms with van der Waals surface area (Å²) in [5, 5.41) is 0. The Balaban J connectivity index is 1.59. The third-order valence-corrected chi connectivity index (χ3v) is 6.61. The molecule has 0 saturated carbocycles. The van der Waals surface area contributed by atoms with Gasteiger partial charge in [0.2, 0.25) is 0 Å². The van der Waals surface area contributed by atoms with Crippen LogP contribution in [-0.4, -0.2) is 23.4 Å². The van der Waals surface area contributed by atoms with Crippen LogP contribution in [0.4, 0.5) is 5.69 Å². The number of sulfonamides is 1. The Bertz CT molecular complexity index is 1120. The average molecular weight is 391 g/mol. The van der Waals surface area contributed by atoms with Gasteiger partial charge < -0.3 is 4.98 Å². The van der Waals surface area contributed by atoms with E-state index < -0.39 is 10.0 Å². The summed E-state index contributed by atoms with van der Waals surface area (Å²) >= 11 is 6.81. The Morgan fingerprint density at radius 3 is 2.56 bits per heavy atom. The summed E-state index contributed by atoms with van der Waals surface area (Å²) in [4.78, 5) is 11.7. The molecule has 0 spiro atoms. The van der Waals surface area contributed by atoms with Crippen LogP contribution in [0.2, 0.25) is 4.34 Å². The number of rotatable bonds is 4. The van der Waals surface area contributed by atoms with Crippen LogP contribution < -0.4 is 4.72 Å². The number of hydrogen-bond donors (Lipinski definition) is 2. The summed E-state index contributed by atoms with van der Waals surface area (Å²) in [7, 11) is -3.64. The van der Waals surface area contributed by atoms with Gasteiger partial charge in [0.05, 0.1) is 21.6 Å². The molecule has 126 valence electrons. The minimum atomic E-state index is -3.64. The van der Waals surface area contributed by atoms with Crippen molar-refractivity contribution in [2.24, 2.45) is 0 Å². The molecule has 0 saturated heterocycles. The number of imidazole rings is 1. The molecular weight excluding hydrogens is 380 g/mol. The number of nitrogens with one attached hydrogen (secondary N) is 2. The van der Waals surface area contributed by atoms with Gasteiger partial charge in [-0.15, -0.1) is 11.3 Å². The molecule has 25 heavy (non-hydrogen) atoms. The van der Waals surface area contributed by atoms with E-state index in [1.54, 1.807) is 42.7 Å². The highest BCUT2D eigenvalue weighted by molar-refractivity contribution is 7.94. The molecule has 2 N–H and O–H groups in total. The number of H-pyrrole nitrogens is 1. The molecule has 0 aliphatic heterocycles. The van der Waals surface area contributed by atoms with Crippen LogP contribution in [0.5, 0.6) is 0 Å². The smallest absolute Gasteiger partial charge is 0.271 e. The van der Waals surface area contributed by atoms with E-state index in [9.17, 15) is 8.42 Å². The van der Waals surface area contributed by atoms with Crippen molar-refractivity contribution < 1.29 is 8.42 Å². The standard InChI is InChI=1S/C16H11ClN4O2S2/c17-14-5-6-15(24-14)25(22,23)21-11-3-1-10(2-4-11)16-19-12-7-8-18-9-13(12)20-16/h1-9,21H,(H,19,20). The van der Waals surface area contributed by atoms with E-state index in [4.69, 9.17) is 11.6 Å². The molecule has 0 unspecified atom stereocenters. The maximum atomic E-state index is 12.3. The number of thiophene rings is 1. The first kappa shape index (κ1) is 16.1. The number of hydrogen-bond acceptors (Lipinski definition) is 5. The van der Waals surface area contributed by atoms with Crippen molar-refractivity contribution in [3.05, 3.63) is 59.2 Å². The maximum absolute atomic E-state index is 12.3. The van der Waals surface area contributed by atoms with Crippen molar-refractivity contribution in [3.63, 3.8) is 0 Å². The molecule has 9 heteroatoms. The molecule has 0 amide bonds. The number of anilines is 1. The lowest BCUT2D eigenvalue weighted by molar-refractivity contribution is 0.603. The molecule has 0 atom stereocenters. The summed E-state index contributed by atoms with van der Waals surface area (Å²) in [6, 6.07) is 11.8. The van der Waals surface area contributed by atoms with Gasteiger partial charge >= 0.3 is 0 Å². The Morgan fingerprint density at radius 1 is 1.08 bits per heavy atom. The zero-order valence-electron chi connectivity index (χ0n) is 12.6. The van der Waals surface area contributed by atoms with E-state index in [1.165, 1.54) is 6.07 Å². The lowest BCUT2D eigenvalue weighted by atomic mass is 10.2. The predicted octanol–water partition coefficient (Wildman–Crippen LogP) is 4.14. The van der Waals surface area contributed by atoms with E-state index in [2.05, 4.69) is 19.7 Å². The van der Waals surface area contributed by atoms with Crippen molar-refractivity contribution >= 4 is 49.7 Å². The second kappa shape index (κ2) is 6.14. The molecule has 0 fully saturated rings. The molecule has 0 aliphatic rings. The summed E-state index contributed by atoms with van der Waals surface area (Å²) in [6.07, 6.45) is 3.39.